The highest BCUT2D eigenvalue weighted by Gasteiger charge is 2.37. The van der Waals surface area contributed by atoms with Crippen LogP contribution in [0.15, 0.2) is 72.8 Å². The summed E-state index contributed by atoms with van der Waals surface area (Å²) in [5, 5.41) is 171. The van der Waals surface area contributed by atoms with Crippen molar-refractivity contribution in [3.63, 3.8) is 0 Å². The van der Waals surface area contributed by atoms with Crippen molar-refractivity contribution < 1.29 is 149 Å². The first kappa shape index (κ1) is 65.1. The number of aromatic hydroxyl groups is 18. The topological polar surface area (TPSA) is 522 Å². The van der Waals surface area contributed by atoms with Crippen LogP contribution in [0.25, 0.3) is 0 Å². The average molecular weight is 1250 g/mol. The monoisotopic (exact) mass is 1250 g/mol. The molecule has 0 aliphatic heterocycles. The molecule has 3 aliphatic carbocycles. The summed E-state index contributed by atoms with van der Waals surface area (Å²) < 4.78 is 32.1. The summed E-state index contributed by atoms with van der Waals surface area (Å²) in [7, 11) is 0. The Bertz CT molecular complexity index is 3150. The molecular formula is C59H58O30. The molecule has 0 bridgehead atoms. The molecule has 0 amide bonds. The van der Waals surface area contributed by atoms with Gasteiger partial charge in [-0.1, -0.05) is 0 Å². The minimum absolute atomic E-state index is 0.202. The third kappa shape index (κ3) is 15.7. The Morgan fingerprint density at radius 3 is 0.449 bits per heavy atom. The fraction of sp³-hybridized carbons (Fsp3) is 0.288. The molecule has 0 heterocycles. The van der Waals surface area contributed by atoms with E-state index in [2.05, 4.69) is 0 Å². The summed E-state index contributed by atoms with van der Waals surface area (Å²) in [5.41, 5.74) is -1.22. The lowest BCUT2D eigenvalue weighted by Gasteiger charge is -2.30. The maximum Gasteiger partial charge on any atom is 0.338 e. The lowest BCUT2D eigenvalue weighted by molar-refractivity contribution is -0.0514. The summed E-state index contributed by atoms with van der Waals surface area (Å²) in [5.74, 6) is -18.3. The van der Waals surface area contributed by atoms with Crippen LogP contribution in [-0.2, 0) is 28.4 Å². The Kier molecular flexibility index (Phi) is 20.3. The molecule has 6 aromatic carbocycles. The van der Waals surface area contributed by atoms with Gasteiger partial charge in [-0.15, -0.1) is 0 Å². The van der Waals surface area contributed by atoms with E-state index in [1.807, 2.05) is 0 Å². The Morgan fingerprint density at radius 1 is 0.213 bits per heavy atom. The highest BCUT2D eigenvalue weighted by atomic mass is 16.6. The Morgan fingerprint density at radius 2 is 0.326 bits per heavy atom. The zero-order chi connectivity index (χ0) is 65.3. The highest BCUT2D eigenvalue weighted by Crippen LogP contribution is 2.42. The van der Waals surface area contributed by atoms with Crippen molar-refractivity contribution in [3.05, 3.63) is 106 Å². The van der Waals surface area contributed by atoms with E-state index in [9.17, 15) is 121 Å². The fourth-order valence-electron chi connectivity index (χ4n) is 9.39. The number of hydrogen-bond acceptors (Lipinski definition) is 30. The summed E-state index contributed by atoms with van der Waals surface area (Å²) in [6, 6.07) is 11.2. The molecule has 0 aromatic heterocycles. The molecule has 3 fully saturated rings. The van der Waals surface area contributed by atoms with Gasteiger partial charge in [0.25, 0.3) is 0 Å². The normalized spacial score (nSPS) is 18.5. The van der Waals surface area contributed by atoms with Gasteiger partial charge in [0.15, 0.2) is 103 Å². The number of ether oxygens (including phenoxy) is 6. The smallest absolute Gasteiger partial charge is 0.338 e. The predicted octanol–water partition coefficient (Wildman–Crippen LogP) is 6.35. The zero-order valence-corrected chi connectivity index (χ0v) is 46.1. The summed E-state index contributed by atoms with van der Waals surface area (Å²) in [4.78, 5) is 74.2. The molecule has 3 saturated carbocycles. The molecule has 18 N–H and O–H groups in total. The van der Waals surface area contributed by atoms with Gasteiger partial charge in [0, 0.05) is 0 Å². The van der Waals surface area contributed by atoms with E-state index in [0.29, 0.717) is 70.6 Å². The molecule has 6 aromatic rings. The Labute approximate surface area is 500 Å². The van der Waals surface area contributed by atoms with Crippen molar-refractivity contribution >= 4 is 35.8 Å². The van der Waals surface area contributed by atoms with Gasteiger partial charge in [-0.05, 0) is 143 Å². The predicted molar refractivity (Wildman–Crippen MR) is 295 cm³/mol. The maximum atomic E-state index is 12.4. The second-order valence-corrected chi connectivity index (χ2v) is 20.3. The Balaban J connectivity index is 0.000000190. The molecule has 6 atom stereocenters. The molecule has 89 heavy (non-hydrogen) atoms. The molecule has 0 unspecified atom stereocenters. The van der Waals surface area contributed by atoms with Gasteiger partial charge in [-0.25, -0.2) is 28.8 Å². The quantitative estimate of drug-likeness (QED) is 0.0360. The fourth-order valence-corrected chi connectivity index (χ4v) is 9.39. The van der Waals surface area contributed by atoms with Crippen molar-refractivity contribution in [2.75, 3.05) is 0 Å². The summed E-state index contributed by atoms with van der Waals surface area (Å²) in [6.45, 7) is 0. The van der Waals surface area contributed by atoms with Crippen LogP contribution in [0, 0.1) is 0 Å². The standard InChI is InChI=1S/2C20H20O10.C19H18O10/c2*21-11-5-9(6-12(22)17(11)25)19(27)29-15-3-1-2-4-16(15)30-20(28)10-7-13(23)18(26)14(24)8-10;20-10-4-8(5-11(21)16(10)24)18(26)28-14-2-1-3-15(14)29-19(27)9-6-12(22)17(25)13(23)7-9/h2*5-8,15-16,21-26H,1-4H2;4-7,14-15,20-25H,1-3H2/t15-,16+;15-,16-;14-,15+/m.1./s1. The van der Waals surface area contributed by atoms with E-state index in [0.717, 1.165) is 72.8 Å². The van der Waals surface area contributed by atoms with Gasteiger partial charge >= 0.3 is 35.8 Å². The molecule has 30 heteroatoms. The van der Waals surface area contributed by atoms with Crippen LogP contribution in [0.4, 0.5) is 0 Å². The molecule has 474 valence electrons. The molecule has 30 nitrogen and oxygen atoms in total. The number of phenols is 18. The number of phenolic OH excluding ortho intramolecular Hbond substituents is 18. The van der Waals surface area contributed by atoms with E-state index in [1.54, 1.807) is 0 Å². The highest BCUT2D eigenvalue weighted by molar-refractivity contribution is 5.95. The first-order chi connectivity index (χ1) is 42.0. The Hall–Kier alpha value is -11.5. The zero-order valence-electron chi connectivity index (χ0n) is 46.1. The molecule has 0 radical (unpaired) electrons. The second kappa shape index (κ2) is 27.7. The van der Waals surface area contributed by atoms with Crippen molar-refractivity contribution in [2.24, 2.45) is 0 Å². The lowest BCUT2D eigenvalue weighted by Crippen LogP contribution is -2.37. The molecule has 0 saturated heterocycles. The third-order valence-electron chi connectivity index (χ3n) is 14.1. The van der Waals surface area contributed by atoms with Crippen LogP contribution in [0.2, 0.25) is 0 Å². The van der Waals surface area contributed by atoms with Crippen LogP contribution >= 0.6 is 0 Å². The molecule has 9 rings (SSSR count). The van der Waals surface area contributed by atoms with Crippen LogP contribution in [-0.4, -0.2) is 164 Å². The van der Waals surface area contributed by atoms with Crippen molar-refractivity contribution in [1.82, 2.24) is 0 Å². The second-order valence-electron chi connectivity index (χ2n) is 20.3. The van der Waals surface area contributed by atoms with E-state index < -0.39 is 176 Å². The van der Waals surface area contributed by atoms with Gasteiger partial charge < -0.3 is 120 Å². The van der Waals surface area contributed by atoms with E-state index in [4.69, 9.17) is 28.4 Å². The SMILES string of the molecule is O=C(O[C@@H]1CCCC[C@H]1OC(=O)c1cc(O)c(O)c(O)c1)c1cc(O)c(O)c(O)c1.O=C(O[C@H]1CCCC[C@H]1OC(=O)c1cc(O)c(O)c(O)c1)c1cc(O)c(O)c(O)c1.O=C(O[C@H]1CCC[C@H]1OC(=O)c1cc(O)c(O)c(O)c1)c1cc(O)c(O)c(O)c1. The van der Waals surface area contributed by atoms with Gasteiger partial charge in [0.05, 0.1) is 33.4 Å². The van der Waals surface area contributed by atoms with Crippen molar-refractivity contribution in [2.45, 2.75) is 107 Å². The van der Waals surface area contributed by atoms with Gasteiger partial charge in [0.2, 0.25) is 0 Å². The minimum Gasteiger partial charge on any atom is -0.504 e. The van der Waals surface area contributed by atoms with Crippen LogP contribution in [0.1, 0.15) is 133 Å². The molecule has 0 spiro atoms. The van der Waals surface area contributed by atoms with Crippen molar-refractivity contribution in [3.8, 4) is 103 Å². The van der Waals surface area contributed by atoms with Crippen molar-refractivity contribution in [1.29, 1.82) is 0 Å². The number of rotatable bonds is 12. The van der Waals surface area contributed by atoms with Crippen LogP contribution in [0.3, 0.4) is 0 Å². The average Bonchev–Trinajstić information content (AvgIpc) is 2.28. The summed E-state index contributed by atoms with van der Waals surface area (Å²) >= 11 is 0. The van der Waals surface area contributed by atoms with Gasteiger partial charge in [-0.2, -0.15) is 0 Å². The van der Waals surface area contributed by atoms with E-state index in [-0.39, 0.29) is 33.4 Å². The third-order valence-corrected chi connectivity index (χ3v) is 14.1. The maximum absolute atomic E-state index is 12.4. The number of hydrogen-bond donors (Lipinski definition) is 18. The van der Waals surface area contributed by atoms with Gasteiger partial charge in [-0.3, -0.25) is 0 Å². The van der Waals surface area contributed by atoms with Crippen LogP contribution < -0.4 is 0 Å². The number of carbonyl (C=O) groups excluding carboxylic acids is 6. The first-order valence-electron chi connectivity index (χ1n) is 26.8. The number of esters is 6. The molecular weight excluding hydrogens is 1190 g/mol. The van der Waals surface area contributed by atoms with Gasteiger partial charge in [0.1, 0.15) is 36.6 Å². The number of benzene rings is 6. The van der Waals surface area contributed by atoms with Crippen LogP contribution in [0.5, 0.6) is 103 Å². The summed E-state index contributed by atoms with van der Waals surface area (Å²) in [6.07, 6.45) is 0.934. The minimum atomic E-state index is -0.900. The number of carbonyl (C=O) groups is 6. The largest absolute Gasteiger partial charge is 0.504 e. The first-order valence-corrected chi connectivity index (χ1v) is 26.8. The lowest BCUT2D eigenvalue weighted by atomic mass is 9.94. The van der Waals surface area contributed by atoms with E-state index >= 15 is 0 Å². The van der Waals surface area contributed by atoms with E-state index in [1.165, 1.54) is 0 Å². The molecule has 3 aliphatic rings.